The van der Waals surface area contributed by atoms with E-state index in [1.807, 2.05) is 55.5 Å². The predicted octanol–water partition coefficient (Wildman–Crippen LogP) is 4.77. The molecule has 0 heterocycles. The van der Waals surface area contributed by atoms with Gasteiger partial charge in [0.15, 0.2) is 0 Å². The molecular formula is C22H27ClN2O2S. The summed E-state index contributed by atoms with van der Waals surface area (Å²) in [5.41, 5.74) is 0.836. The second-order valence-corrected chi connectivity index (χ2v) is 8.07. The van der Waals surface area contributed by atoms with Crippen LogP contribution in [0.2, 0.25) is 5.02 Å². The van der Waals surface area contributed by atoms with Crippen LogP contribution in [0.1, 0.15) is 32.3 Å². The molecule has 4 nitrogen and oxygen atoms in total. The SMILES string of the molecule is CCCNC(=O)[C@@H](C)N(Cc1ccccc1Cl)C(=O)CCSc1ccccc1. The molecule has 2 aromatic rings. The Balaban J connectivity index is 2.06. The first-order valence-corrected chi connectivity index (χ1v) is 10.9. The molecule has 2 amide bonds. The molecule has 0 aromatic heterocycles. The van der Waals surface area contributed by atoms with Crippen LogP contribution in [-0.2, 0) is 16.1 Å². The molecule has 0 spiro atoms. The van der Waals surface area contributed by atoms with Gasteiger partial charge >= 0.3 is 0 Å². The third-order valence-corrected chi connectivity index (χ3v) is 5.73. The monoisotopic (exact) mass is 418 g/mol. The molecule has 0 bridgehead atoms. The lowest BCUT2D eigenvalue weighted by molar-refractivity contribution is -0.140. The number of nitrogens with zero attached hydrogens (tertiary/aromatic N) is 1. The summed E-state index contributed by atoms with van der Waals surface area (Å²) in [6.07, 6.45) is 1.21. The summed E-state index contributed by atoms with van der Waals surface area (Å²) in [7, 11) is 0. The fraction of sp³-hybridized carbons (Fsp3) is 0.364. The van der Waals surface area contributed by atoms with Crippen LogP contribution < -0.4 is 5.32 Å². The van der Waals surface area contributed by atoms with Gasteiger partial charge in [-0.05, 0) is 37.1 Å². The van der Waals surface area contributed by atoms with Crippen molar-refractivity contribution in [3.63, 3.8) is 0 Å². The van der Waals surface area contributed by atoms with Crippen molar-refractivity contribution < 1.29 is 9.59 Å². The molecule has 6 heteroatoms. The zero-order chi connectivity index (χ0) is 20.4. The smallest absolute Gasteiger partial charge is 0.242 e. The molecule has 150 valence electrons. The number of benzene rings is 2. The molecule has 0 aliphatic heterocycles. The average Bonchev–Trinajstić information content (AvgIpc) is 2.71. The summed E-state index contributed by atoms with van der Waals surface area (Å²) < 4.78 is 0. The summed E-state index contributed by atoms with van der Waals surface area (Å²) >= 11 is 7.92. The van der Waals surface area contributed by atoms with Gasteiger partial charge in [-0.15, -0.1) is 11.8 Å². The number of carbonyl (C=O) groups is 2. The quantitative estimate of drug-likeness (QED) is 0.565. The van der Waals surface area contributed by atoms with Gasteiger partial charge in [-0.1, -0.05) is 54.9 Å². The lowest BCUT2D eigenvalue weighted by Gasteiger charge is -2.29. The minimum atomic E-state index is -0.558. The van der Waals surface area contributed by atoms with E-state index < -0.39 is 6.04 Å². The van der Waals surface area contributed by atoms with Crippen LogP contribution >= 0.6 is 23.4 Å². The number of amides is 2. The first kappa shape index (κ1) is 22.3. The van der Waals surface area contributed by atoms with Gasteiger partial charge in [0.2, 0.25) is 11.8 Å². The van der Waals surface area contributed by atoms with Gasteiger partial charge in [0.1, 0.15) is 6.04 Å². The molecule has 0 aliphatic carbocycles. The summed E-state index contributed by atoms with van der Waals surface area (Å²) in [5, 5.41) is 3.48. The van der Waals surface area contributed by atoms with Crippen molar-refractivity contribution in [3.8, 4) is 0 Å². The van der Waals surface area contributed by atoms with Gasteiger partial charge in [0.25, 0.3) is 0 Å². The molecule has 1 atom stereocenters. The molecule has 0 radical (unpaired) electrons. The van der Waals surface area contributed by atoms with Crippen LogP contribution in [0.3, 0.4) is 0 Å². The molecule has 2 aromatic carbocycles. The third-order valence-electron chi connectivity index (χ3n) is 4.34. The highest BCUT2D eigenvalue weighted by Gasteiger charge is 2.26. The van der Waals surface area contributed by atoms with Crippen LogP contribution in [-0.4, -0.2) is 35.1 Å². The van der Waals surface area contributed by atoms with Gasteiger partial charge in [-0.3, -0.25) is 9.59 Å². The fourth-order valence-electron chi connectivity index (χ4n) is 2.71. The second-order valence-electron chi connectivity index (χ2n) is 6.49. The van der Waals surface area contributed by atoms with E-state index in [4.69, 9.17) is 11.6 Å². The van der Waals surface area contributed by atoms with E-state index in [0.717, 1.165) is 16.9 Å². The van der Waals surface area contributed by atoms with Gasteiger partial charge in [-0.2, -0.15) is 0 Å². The Bertz CT molecular complexity index is 770. The highest BCUT2D eigenvalue weighted by molar-refractivity contribution is 7.99. The minimum absolute atomic E-state index is 0.0532. The van der Waals surface area contributed by atoms with Crippen molar-refractivity contribution in [3.05, 3.63) is 65.2 Å². The van der Waals surface area contributed by atoms with E-state index >= 15 is 0 Å². The number of rotatable bonds is 10. The standard InChI is InChI=1S/C22H27ClN2O2S/c1-3-14-24-22(27)17(2)25(16-18-9-7-8-12-20(18)23)21(26)13-15-28-19-10-5-4-6-11-19/h4-12,17H,3,13-16H2,1-2H3,(H,24,27)/t17-/m1/s1. The minimum Gasteiger partial charge on any atom is -0.354 e. The van der Waals surface area contributed by atoms with Crippen molar-refractivity contribution >= 4 is 35.2 Å². The number of carbonyl (C=O) groups excluding carboxylic acids is 2. The number of hydrogen-bond donors (Lipinski definition) is 1. The summed E-state index contributed by atoms with van der Waals surface area (Å²) in [6.45, 7) is 4.68. The molecule has 0 fully saturated rings. The van der Waals surface area contributed by atoms with E-state index in [9.17, 15) is 9.59 Å². The van der Waals surface area contributed by atoms with Crippen molar-refractivity contribution in [1.82, 2.24) is 10.2 Å². The first-order valence-electron chi connectivity index (χ1n) is 9.51. The Morgan fingerprint density at radius 3 is 2.46 bits per heavy atom. The molecule has 0 aliphatic rings. The second kappa shape index (κ2) is 11.8. The fourth-order valence-corrected chi connectivity index (χ4v) is 3.76. The zero-order valence-corrected chi connectivity index (χ0v) is 17.9. The van der Waals surface area contributed by atoms with E-state index in [2.05, 4.69) is 5.32 Å². The number of hydrogen-bond acceptors (Lipinski definition) is 3. The van der Waals surface area contributed by atoms with E-state index in [-0.39, 0.29) is 11.8 Å². The van der Waals surface area contributed by atoms with Gasteiger partial charge < -0.3 is 10.2 Å². The Morgan fingerprint density at radius 1 is 1.11 bits per heavy atom. The van der Waals surface area contributed by atoms with Gasteiger partial charge in [-0.25, -0.2) is 0 Å². The Hall–Kier alpha value is -1.98. The van der Waals surface area contributed by atoms with Crippen LogP contribution in [0.15, 0.2) is 59.5 Å². The Morgan fingerprint density at radius 2 is 1.79 bits per heavy atom. The number of halogens is 1. The molecule has 0 saturated carbocycles. The summed E-state index contributed by atoms with van der Waals surface area (Å²) in [4.78, 5) is 28.2. The van der Waals surface area contributed by atoms with Crippen LogP contribution in [0.5, 0.6) is 0 Å². The lowest BCUT2D eigenvalue weighted by Crippen LogP contribution is -2.47. The maximum absolute atomic E-state index is 13.0. The summed E-state index contributed by atoms with van der Waals surface area (Å²) in [6, 6.07) is 16.8. The summed E-state index contributed by atoms with van der Waals surface area (Å²) in [5.74, 6) is 0.464. The maximum atomic E-state index is 13.0. The molecule has 1 N–H and O–H groups in total. The van der Waals surface area contributed by atoms with Crippen molar-refractivity contribution in [2.24, 2.45) is 0 Å². The lowest BCUT2D eigenvalue weighted by atomic mass is 10.1. The number of nitrogens with one attached hydrogen (secondary N) is 1. The molecular weight excluding hydrogens is 392 g/mol. The highest BCUT2D eigenvalue weighted by atomic mass is 35.5. The zero-order valence-electron chi connectivity index (χ0n) is 16.4. The van der Waals surface area contributed by atoms with Crippen LogP contribution in [0.25, 0.3) is 0 Å². The largest absolute Gasteiger partial charge is 0.354 e. The maximum Gasteiger partial charge on any atom is 0.242 e. The van der Waals surface area contributed by atoms with Gasteiger partial charge in [0.05, 0.1) is 0 Å². The van der Waals surface area contributed by atoms with Crippen LogP contribution in [0, 0.1) is 0 Å². The predicted molar refractivity (Wildman–Crippen MR) is 117 cm³/mol. The Labute approximate surface area is 176 Å². The highest BCUT2D eigenvalue weighted by Crippen LogP contribution is 2.21. The van der Waals surface area contributed by atoms with Crippen molar-refractivity contribution in [1.29, 1.82) is 0 Å². The molecule has 28 heavy (non-hydrogen) atoms. The normalized spacial score (nSPS) is 11.7. The number of thioether (sulfide) groups is 1. The third kappa shape index (κ3) is 6.88. The Kier molecular flexibility index (Phi) is 9.38. The van der Waals surface area contributed by atoms with Crippen molar-refractivity contribution in [2.45, 2.75) is 44.2 Å². The van der Waals surface area contributed by atoms with Crippen molar-refractivity contribution in [2.75, 3.05) is 12.3 Å². The topological polar surface area (TPSA) is 49.4 Å². The van der Waals surface area contributed by atoms with Crippen LogP contribution in [0.4, 0.5) is 0 Å². The molecule has 2 rings (SSSR count). The first-order chi connectivity index (χ1) is 13.5. The average molecular weight is 419 g/mol. The van der Waals surface area contributed by atoms with E-state index in [1.165, 1.54) is 0 Å². The molecule has 0 unspecified atom stereocenters. The van der Waals surface area contributed by atoms with Gasteiger partial charge in [0, 0.05) is 35.2 Å². The van der Waals surface area contributed by atoms with E-state index in [0.29, 0.717) is 30.3 Å². The van der Waals surface area contributed by atoms with E-state index in [1.54, 1.807) is 29.7 Å². The molecule has 0 saturated heterocycles.